The first kappa shape index (κ1) is 21.5. The fraction of sp³-hybridized carbons (Fsp3) is 0.333. The monoisotopic (exact) mass is 479 g/mol. The van der Waals surface area contributed by atoms with Gasteiger partial charge in [0, 0.05) is 42.1 Å². The van der Waals surface area contributed by atoms with Crippen LogP contribution in [0.3, 0.4) is 0 Å². The minimum atomic E-state index is -0.267. The Labute approximate surface area is 183 Å². The molecule has 0 saturated carbocycles. The number of amides is 2. The summed E-state index contributed by atoms with van der Waals surface area (Å²) in [7, 11) is 0. The van der Waals surface area contributed by atoms with Crippen molar-refractivity contribution in [1.82, 2.24) is 4.90 Å². The molecule has 3 rings (SSSR count). The van der Waals surface area contributed by atoms with Gasteiger partial charge in [-0.2, -0.15) is 0 Å². The normalized spacial score (nSPS) is 13.9. The average Bonchev–Trinajstić information content (AvgIpc) is 2.73. The molecule has 0 unspecified atom stereocenters. The van der Waals surface area contributed by atoms with Crippen molar-refractivity contribution in [3.8, 4) is 5.75 Å². The van der Waals surface area contributed by atoms with Gasteiger partial charge in [0.15, 0.2) is 6.61 Å². The van der Waals surface area contributed by atoms with E-state index in [-0.39, 0.29) is 18.4 Å². The zero-order valence-corrected chi connectivity index (χ0v) is 18.5. The van der Waals surface area contributed by atoms with Crippen molar-refractivity contribution in [1.29, 1.82) is 0 Å². The quantitative estimate of drug-likeness (QED) is 0.674. The first-order valence-electron chi connectivity index (χ1n) is 9.46. The lowest BCUT2D eigenvalue weighted by molar-refractivity contribution is -0.131. The van der Waals surface area contributed by atoms with E-state index >= 15 is 0 Å². The molecule has 1 fully saturated rings. The van der Waals surface area contributed by atoms with E-state index in [0.29, 0.717) is 49.1 Å². The van der Waals surface area contributed by atoms with Crippen molar-refractivity contribution in [3.63, 3.8) is 0 Å². The molecule has 2 amide bonds. The molecule has 8 heteroatoms. The highest BCUT2D eigenvalue weighted by Crippen LogP contribution is 2.30. The maximum Gasteiger partial charge on any atom is 0.262 e. The Morgan fingerprint density at radius 1 is 1.10 bits per heavy atom. The number of halogens is 2. The summed E-state index contributed by atoms with van der Waals surface area (Å²) in [5.74, 6) is 0.516. The zero-order chi connectivity index (χ0) is 20.8. The lowest BCUT2D eigenvalue weighted by Crippen LogP contribution is -2.48. The number of carbonyl (C=O) groups is 2. The van der Waals surface area contributed by atoms with Crippen LogP contribution in [0.5, 0.6) is 5.75 Å². The van der Waals surface area contributed by atoms with E-state index in [1.807, 2.05) is 30.0 Å². The Bertz CT molecular complexity index is 868. The first-order chi connectivity index (χ1) is 14.0. The van der Waals surface area contributed by atoms with E-state index in [9.17, 15) is 9.59 Å². The maximum absolute atomic E-state index is 12.4. The van der Waals surface area contributed by atoms with Crippen molar-refractivity contribution < 1.29 is 14.3 Å². The molecule has 6 nitrogen and oxygen atoms in total. The van der Waals surface area contributed by atoms with E-state index in [1.54, 1.807) is 24.3 Å². The van der Waals surface area contributed by atoms with Crippen LogP contribution < -0.4 is 15.0 Å². The van der Waals surface area contributed by atoms with Crippen molar-refractivity contribution in [2.24, 2.45) is 0 Å². The van der Waals surface area contributed by atoms with Crippen LogP contribution in [0, 0.1) is 0 Å². The van der Waals surface area contributed by atoms with Gasteiger partial charge in [-0.25, -0.2) is 0 Å². The number of benzene rings is 2. The van der Waals surface area contributed by atoms with Gasteiger partial charge < -0.3 is 19.9 Å². The Morgan fingerprint density at radius 2 is 1.79 bits per heavy atom. The summed E-state index contributed by atoms with van der Waals surface area (Å²) in [6.45, 7) is 4.49. The Kier molecular flexibility index (Phi) is 7.39. The second-order valence-electron chi connectivity index (χ2n) is 6.67. The number of nitrogens with zero attached hydrogens (tertiary/aromatic N) is 2. The van der Waals surface area contributed by atoms with Crippen molar-refractivity contribution in [2.45, 2.75) is 13.3 Å². The Morgan fingerprint density at radius 3 is 2.45 bits per heavy atom. The minimum Gasteiger partial charge on any atom is -0.484 e. The number of ether oxygens (including phenoxy) is 1. The number of piperazine rings is 1. The molecule has 0 aliphatic carbocycles. The van der Waals surface area contributed by atoms with E-state index in [2.05, 4.69) is 26.1 Å². The van der Waals surface area contributed by atoms with Crippen LogP contribution in [0.15, 0.2) is 46.9 Å². The molecule has 0 atom stereocenters. The van der Waals surface area contributed by atoms with Crippen molar-refractivity contribution >= 4 is 50.7 Å². The number of nitrogens with one attached hydrogen (secondary N) is 1. The summed E-state index contributed by atoms with van der Waals surface area (Å²) in [5.41, 5.74) is 1.52. The fourth-order valence-electron chi connectivity index (χ4n) is 3.17. The van der Waals surface area contributed by atoms with Crippen LogP contribution in [0.1, 0.15) is 13.3 Å². The lowest BCUT2D eigenvalue weighted by atomic mass is 10.2. The van der Waals surface area contributed by atoms with Gasteiger partial charge in [-0.05, 0) is 42.5 Å². The number of carbonyl (C=O) groups excluding carboxylic acids is 2. The molecule has 1 saturated heterocycles. The van der Waals surface area contributed by atoms with Gasteiger partial charge in [-0.1, -0.05) is 34.5 Å². The molecule has 0 spiro atoms. The third-order valence-corrected chi connectivity index (χ3v) is 5.46. The van der Waals surface area contributed by atoms with Crippen LogP contribution in [-0.2, 0) is 9.59 Å². The van der Waals surface area contributed by atoms with Crippen molar-refractivity contribution in [2.75, 3.05) is 43.0 Å². The molecular weight excluding hydrogens is 458 g/mol. The summed E-state index contributed by atoms with van der Waals surface area (Å²) < 4.78 is 6.48. The topological polar surface area (TPSA) is 61.9 Å². The smallest absolute Gasteiger partial charge is 0.262 e. The van der Waals surface area contributed by atoms with Gasteiger partial charge in [0.25, 0.3) is 5.91 Å². The molecule has 154 valence electrons. The number of hydrogen-bond donors (Lipinski definition) is 1. The van der Waals surface area contributed by atoms with Gasteiger partial charge in [0.2, 0.25) is 5.91 Å². The third-order valence-electron chi connectivity index (χ3n) is 4.69. The van der Waals surface area contributed by atoms with E-state index in [0.717, 1.165) is 10.2 Å². The zero-order valence-electron chi connectivity index (χ0n) is 16.2. The van der Waals surface area contributed by atoms with Crippen LogP contribution in [0.25, 0.3) is 0 Å². The lowest BCUT2D eigenvalue weighted by Gasteiger charge is -2.37. The summed E-state index contributed by atoms with van der Waals surface area (Å²) in [6.07, 6.45) is 0.515. The van der Waals surface area contributed by atoms with Gasteiger partial charge in [0.1, 0.15) is 5.75 Å². The molecular formula is C21H23BrClN3O3. The number of anilines is 2. The molecule has 1 N–H and O–H groups in total. The van der Waals surface area contributed by atoms with E-state index in [1.165, 1.54) is 0 Å². The molecule has 0 bridgehead atoms. The van der Waals surface area contributed by atoms with Gasteiger partial charge >= 0.3 is 0 Å². The van der Waals surface area contributed by atoms with Crippen LogP contribution >= 0.6 is 27.5 Å². The third kappa shape index (κ3) is 5.87. The highest BCUT2D eigenvalue weighted by molar-refractivity contribution is 9.10. The molecule has 2 aromatic carbocycles. The molecule has 1 aliphatic rings. The summed E-state index contributed by atoms with van der Waals surface area (Å²) >= 11 is 9.52. The molecule has 2 aromatic rings. The minimum absolute atomic E-state index is 0.105. The summed E-state index contributed by atoms with van der Waals surface area (Å²) in [6, 6.07) is 12.7. The van der Waals surface area contributed by atoms with Gasteiger partial charge in [-0.3, -0.25) is 9.59 Å². The summed E-state index contributed by atoms with van der Waals surface area (Å²) in [5, 5.41) is 3.44. The largest absolute Gasteiger partial charge is 0.484 e. The standard InChI is InChI=1S/C21H23BrClN3O3/c1-2-21(28)26-11-9-25(10-12-26)19-8-5-16(23)13-18(19)24-20(27)14-29-17-6-3-15(22)4-7-17/h3-8,13H,2,9-12,14H2,1H3,(H,24,27). The van der Waals surface area contributed by atoms with Crippen molar-refractivity contribution in [3.05, 3.63) is 52.0 Å². The first-order valence-corrected chi connectivity index (χ1v) is 10.6. The molecule has 1 aliphatic heterocycles. The maximum atomic E-state index is 12.4. The molecule has 0 aromatic heterocycles. The SMILES string of the molecule is CCC(=O)N1CCN(c2ccc(Cl)cc2NC(=O)COc2ccc(Br)cc2)CC1. The highest BCUT2D eigenvalue weighted by atomic mass is 79.9. The highest BCUT2D eigenvalue weighted by Gasteiger charge is 2.22. The predicted molar refractivity (Wildman–Crippen MR) is 119 cm³/mol. The molecule has 0 radical (unpaired) electrons. The van der Waals surface area contributed by atoms with Crippen LogP contribution in [0.2, 0.25) is 5.02 Å². The summed E-state index contributed by atoms with van der Waals surface area (Å²) in [4.78, 5) is 28.3. The van der Waals surface area contributed by atoms with Gasteiger partial charge in [0.05, 0.1) is 11.4 Å². The molecule has 29 heavy (non-hydrogen) atoms. The predicted octanol–water partition coefficient (Wildman–Crippen LogP) is 4.18. The van der Waals surface area contributed by atoms with Crippen LogP contribution in [-0.4, -0.2) is 49.5 Å². The number of rotatable bonds is 6. The Balaban J connectivity index is 1.63. The second kappa shape index (κ2) is 9.98. The Hall–Kier alpha value is -2.25. The second-order valence-corrected chi connectivity index (χ2v) is 8.03. The average molecular weight is 481 g/mol. The number of hydrogen-bond acceptors (Lipinski definition) is 4. The molecule has 1 heterocycles. The van der Waals surface area contributed by atoms with Gasteiger partial charge in [-0.15, -0.1) is 0 Å². The van der Waals surface area contributed by atoms with E-state index < -0.39 is 0 Å². The van der Waals surface area contributed by atoms with E-state index in [4.69, 9.17) is 16.3 Å². The fourth-order valence-corrected chi connectivity index (χ4v) is 3.61. The van der Waals surface area contributed by atoms with Crippen LogP contribution in [0.4, 0.5) is 11.4 Å².